The Labute approximate surface area is 471 Å². The quantitative estimate of drug-likeness (QED) is 0.0151. The lowest BCUT2D eigenvalue weighted by Gasteiger charge is -2.16. The van der Waals surface area contributed by atoms with Crippen molar-refractivity contribution in [2.45, 2.75) is 33.4 Å². The Kier molecular flexibility index (Phi) is 19.3. The molecule has 0 aliphatic carbocycles. The van der Waals surface area contributed by atoms with Gasteiger partial charge in [-0.2, -0.15) is 53.7 Å². The Morgan fingerprint density at radius 1 is 0.667 bits per heavy atom. The molecule has 38 heteroatoms. The predicted molar refractivity (Wildman–Crippen MR) is 292 cm³/mol. The molecule has 430 valence electrons. The zero-order valence-corrected chi connectivity index (χ0v) is 47.2. The van der Waals surface area contributed by atoms with Crippen molar-refractivity contribution in [1.82, 2.24) is 15.0 Å². The minimum absolute atomic E-state index is 0.0288. The third-order valence-electron chi connectivity index (χ3n) is 10.3. The van der Waals surface area contributed by atoms with Gasteiger partial charge in [0.25, 0.3) is 30.4 Å². The van der Waals surface area contributed by atoms with Gasteiger partial charge in [-0.05, 0) is 120 Å². The number of sulfone groups is 1. The summed E-state index contributed by atoms with van der Waals surface area (Å²) >= 11 is 9.55. The summed E-state index contributed by atoms with van der Waals surface area (Å²) in [5, 5.41) is 45.7. The SMILES string of the molecule is C=C.Cc1cc(Nc2nc(Cl)nc(Nc3cc(S(=O)(=O)O)cc4cc(C)c(N=Nc5ccc(NC(=O)CS(=O)OCCl)cc5S(=O)(=O)O)c(O)c34)n2)c2c(O)c(N=Nc3ccc(S(=O)(=O)COS(=O)(=O)O)cc3)c(S(=O)(=O)O)cc2c1. The number of fused-ring (bicyclic) bond motifs is 2. The number of aryl methyl sites for hydroxylation is 2. The van der Waals surface area contributed by atoms with E-state index in [9.17, 15) is 75.0 Å². The highest BCUT2D eigenvalue weighted by Crippen LogP contribution is 2.47. The van der Waals surface area contributed by atoms with Gasteiger partial charge in [0.2, 0.25) is 32.9 Å². The maximum Gasteiger partial charge on any atom is 0.398 e. The van der Waals surface area contributed by atoms with E-state index < -0.39 is 145 Å². The summed E-state index contributed by atoms with van der Waals surface area (Å²) in [7, 11) is -24.8. The van der Waals surface area contributed by atoms with Crippen LogP contribution in [0.15, 0.2) is 132 Å². The molecule has 1 heterocycles. The van der Waals surface area contributed by atoms with Gasteiger partial charge in [0.15, 0.2) is 28.5 Å². The van der Waals surface area contributed by atoms with Crippen molar-refractivity contribution >= 4 is 164 Å². The van der Waals surface area contributed by atoms with E-state index in [0.717, 1.165) is 60.7 Å². The van der Waals surface area contributed by atoms with E-state index in [2.05, 4.69) is 72.9 Å². The van der Waals surface area contributed by atoms with Gasteiger partial charge in [-0.3, -0.25) is 27.2 Å². The molecule has 81 heavy (non-hydrogen) atoms. The van der Waals surface area contributed by atoms with Gasteiger partial charge in [0, 0.05) is 16.5 Å². The second-order valence-electron chi connectivity index (χ2n) is 15.9. The van der Waals surface area contributed by atoms with Gasteiger partial charge in [-0.1, -0.05) is 17.7 Å². The minimum atomic E-state index is -5.18. The molecule has 0 radical (unpaired) electrons. The highest BCUT2D eigenvalue weighted by Gasteiger charge is 2.26. The topological polar surface area (TPSA) is 469 Å². The number of aromatic hydroxyl groups is 2. The van der Waals surface area contributed by atoms with Crippen LogP contribution in [0.1, 0.15) is 11.1 Å². The van der Waals surface area contributed by atoms with E-state index in [-0.39, 0.29) is 55.5 Å². The Hall–Kier alpha value is -7.30. The number of carbonyl (C=O) groups excluding carboxylic acids is 1. The van der Waals surface area contributed by atoms with Crippen LogP contribution in [0.25, 0.3) is 21.5 Å². The summed E-state index contributed by atoms with van der Waals surface area (Å²) in [6, 6.07) is 13.4. The van der Waals surface area contributed by atoms with Gasteiger partial charge in [-0.15, -0.1) is 28.5 Å². The molecule has 1 aromatic heterocycles. The Morgan fingerprint density at radius 3 is 1.80 bits per heavy atom. The van der Waals surface area contributed by atoms with Crippen molar-refractivity contribution < 1.29 is 87.9 Å². The summed E-state index contributed by atoms with van der Waals surface area (Å²) in [5.74, 6) is -5.60. The molecule has 1 unspecified atom stereocenters. The molecule has 30 nitrogen and oxygen atoms in total. The smallest absolute Gasteiger partial charge is 0.398 e. The van der Waals surface area contributed by atoms with Crippen LogP contribution < -0.4 is 16.0 Å². The number of halogens is 2. The summed E-state index contributed by atoms with van der Waals surface area (Å²) in [5.41, 5.74) is -2.00. The maximum atomic E-state index is 12.7. The van der Waals surface area contributed by atoms with Crippen LogP contribution >= 0.6 is 23.2 Å². The van der Waals surface area contributed by atoms with E-state index in [4.69, 9.17) is 27.8 Å². The average Bonchev–Trinajstić information content (AvgIpc) is 3.48. The van der Waals surface area contributed by atoms with Crippen LogP contribution in [0.2, 0.25) is 5.28 Å². The van der Waals surface area contributed by atoms with Crippen molar-refractivity contribution in [2.75, 3.05) is 33.7 Å². The molecular weight excluding hydrogens is 1240 g/mol. The number of carbonyl (C=O) groups is 1. The van der Waals surface area contributed by atoms with Crippen LogP contribution in [0.5, 0.6) is 11.5 Å². The van der Waals surface area contributed by atoms with Crippen LogP contribution in [0.4, 0.5) is 51.7 Å². The lowest BCUT2D eigenvalue weighted by atomic mass is 10.0. The zero-order chi connectivity index (χ0) is 60.2. The molecule has 7 aromatic rings. The largest absolute Gasteiger partial charge is 0.505 e. The fraction of sp³-hybridized carbons (Fsp3) is 0.116. The van der Waals surface area contributed by atoms with Gasteiger partial charge >= 0.3 is 10.4 Å². The average molecular weight is 1280 g/mol. The number of nitrogens with one attached hydrogen (secondary N) is 3. The van der Waals surface area contributed by atoms with Gasteiger partial charge in [0.05, 0.1) is 26.9 Å². The summed E-state index contributed by atoms with van der Waals surface area (Å²) in [6.07, 6.45) is 0. The highest BCUT2D eigenvalue weighted by atomic mass is 35.5. The fourth-order valence-electron chi connectivity index (χ4n) is 7.13. The van der Waals surface area contributed by atoms with E-state index >= 15 is 0 Å². The highest BCUT2D eigenvalue weighted by molar-refractivity contribution is 7.92. The van der Waals surface area contributed by atoms with Crippen LogP contribution in [-0.2, 0) is 74.8 Å². The second-order valence-corrected chi connectivity index (χ2v) is 24.9. The van der Waals surface area contributed by atoms with Crippen molar-refractivity contribution in [1.29, 1.82) is 0 Å². The molecule has 1 atom stereocenters. The van der Waals surface area contributed by atoms with E-state index in [1.165, 1.54) is 25.1 Å². The Bertz CT molecular complexity index is 4370. The van der Waals surface area contributed by atoms with Crippen molar-refractivity contribution in [2.24, 2.45) is 20.5 Å². The molecule has 0 fully saturated rings. The number of rotatable bonds is 20. The third-order valence-corrected chi connectivity index (χ3v) is 16.2. The van der Waals surface area contributed by atoms with Gasteiger partial charge in [0.1, 0.15) is 38.7 Å². The number of hydrogen-bond donors (Lipinski definition) is 9. The van der Waals surface area contributed by atoms with Crippen LogP contribution in [0.3, 0.4) is 0 Å². The number of aromatic nitrogens is 3. The fourth-order valence-corrected chi connectivity index (χ4v) is 11.6. The molecule has 7 rings (SSSR count). The maximum absolute atomic E-state index is 12.7. The number of azo groups is 2. The summed E-state index contributed by atoms with van der Waals surface area (Å²) in [4.78, 5) is 21.6. The summed E-state index contributed by atoms with van der Waals surface area (Å²) < 4.78 is 182. The molecule has 0 spiro atoms. The third kappa shape index (κ3) is 15.8. The number of phenols is 2. The molecular formula is C43H38Cl2N10O20S6. The van der Waals surface area contributed by atoms with Crippen molar-refractivity contribution in [3.8, 4) is 11.5 Å². The van der Waals surface area contributed by atoms with E-state index in [1.807, 2.05) is 0 Å². The van der Waals surface area contributed by atoms with Crippen molar-refractivity contribution in [3.05, 3.63) is 108 Å². The number of nitrogens with zero attached hydrogens (tertiary/aromatic N) is 7. The first-order chi connectivity index (χ1) is 37.7. The first-order valence-electron chi connectivity index (χ1n) is 21.5. The second kappa shape index (κ2) is 24.8. The summed E-state index contributed by atoms with van der Waals surface area (Å²) in [6.45, 7) is 8.95. The van der Waals surface area contributed by atoms with Gasteiger partial charge in [-0.25, -0.2) is 16.8 Å². The van der Waals surface area contributed by atoms with Crippen LogP contribution in [0, 0.1) is 13.8 Å². The first-order valence-corrected chi connectivity index (χ1v) is 31.0. The van der Waals surface area contributed by atoms with E-state index in [1.54, 1.807) is 6.92 Å². The lowest BCUT2D eigenvalue weighted by molar-refractivity contribution is -0.113. The Balaban J connectivity index is 0.00000522. The molecule has 0 saturated carbocycles. The number of hydrogen-bond acceptors (Lipinski definition) is 25. The zero-order valence-electron chi connectivity index (χ0n) is 40.8. The predicted octanol–water partition coefficient (Wildman–Crippen LogP) is 8.09. The molecule has 9 N–H and O–H groups in total. The first kappa shape index (κ1) is 62.9. The monoisotopic (exact) mass is 1280 g/mol. The normalized spacial score (nSPS) is 12.8. The number of benzene rings is 6. The molecule has 1 amide bonds. The lowest BCUT2D eigenvalue weighted by Crippen LogP contribution is -2.20. The number of phenolic OH excluding ortho intramolecular Hbond substituents is 2. The standard InChI is InChI=1S/C41H34Cl2N10O20S6.C2H4/c1-19-9-21-13-31(78(66,67)68)36(53-50-23-3-6-25(7-4-23)75(58,59)18-73-79(69,70)71)38(56)33(21)28(10-19)45-40-47-39(43)48-41(49-40)46-29-15-26(76(60,61)62)12-22-11-20(2)35(37(55)34(22)29)52-51-27-8-5-24(14-30(27)77(63,64)65)44-32(54)16-74(57)72-17-42;1-2/h3-15,55-56H,16-18H2,1-2H3,(H,44,54)(H,60,61,62)(H,63,64,65)(H,66,67,68)(H,69,70,71)(H2,45,46,47,48,49);1-2H2. The van der Waals surface area contributed by atoms with Crippen LogP contribution in [-0.4, -0.2) is 113 Å². The molecule has 0 aliphatic heterocycles. The number of anilines is 5. The Morgan fingerprint density at radius 2 is 1.23 bits per heavy atom. The minimum Gasteiger partial charge on any atom is -0.505 e. The number of alkyl halides is 1. The van der Waals surface area contributed by atoms with Gasteiger partial charge < -0.3 is 26.2 Å². The van der Waals surface area contributed by atoms with Crippen molar-refractivity contribution in [3.63, 3.8) is 0 Å². The molecule has 0 saturated heterocycles. The molecule has 0 aliphatic rings. The molecule has 6 aromatic carbocycles. The number of amides is 1. The molecule has 0 bridgehead atoms. The van der Waals surface area contributed by atoms with E-state index in [0.29, 0.717) is 5.56 Å².